The van der Waals surface area contributed by atoms with Gasteiger partial charge in [0, 0.05) is 18.3 Å². The molecule has 0 fully saturated rings. The monoisotopic (exact) mass is 223 g/mol. The first-order valence-corrected chi connectivity index (χ1v) is 6.33. The van der Waals surface area contributed by atoms with Crippen LogP contribution in [0, 0.1) is 12.8 Å². The van der Waals surface area contributed by atoms with E-state index in [1.807, 2.05) is 0 Å². The van der Waals surface area contributed by atoms with Gasteiger partial charge < -0.3 is 5.73 Å². The van der Waals surface area contributed by atoms with Crippen LogP contribution in [0.1, 0.15) is 45.0 Å². The number of hydrogen-bond acceptors (Lipinski definition) is 2. The molecule has 0 spiro atoms. The van der Waals surface area contributed by atoms with E-state index >= 15 is 0 Å². The Kier molecular flexibility index (Phi) is 5.00. The van der Waals surface area contributed by atoms with Crippen LogP contribution in [0.25, 0.3) is 0 Å². The van der Waals surface area contributed by atoms with Crippen molar-refractivity contribution in [3.05, 3.63) is 17.5 Å². The largest absolute Gasteiger partial charge is 0.327 e. The third-order valence-corrected chi connectivity index (χ3v) is 3.11. The highest BCUT2D eigenvalue weighted by molar-refractivity contribution is 5.09. The third-order valence-electron chi connectivity index (χ3n) is 3.11. The number of hydrogen-bond donors (Lipinski definition) is 1. The lowest BCUT2D eigenvalue weighted by Crippen LogP contribution is -2.26. The molecule has 0 aromatic carbocycles. The first kappa shape index (κ1) is 13.2. The van der Waals surface area contributed by atoms with Gasteiger partial charge in [0.2, 0.25) is 0 Å². The zero-order valence-electron chi connectivity index (χ0n) is 11.0. The lowest BCUT2D eigenvalue weighted by atomic mass is 9.99. The van der Waals surface area contributed by atoms with Crippen molar-refractivity contribution < 1.29 is 0 Å². The molecule has 2 N–H and O–H groups in total. The zero-order valence-corrected chi connectivity index (χ0v) is 11.0. The molecule has 1 aromatic rings. The fourth-order valence-electron chi connectivity index (χ4n) is 1.93. The molecule has 1 atom stereocenters. The quantitative estimate of drug-likeness (QED) is 0.805. The number of nitrogens with two attached hydrogens (primary N) is 1. The van der Waals surface area contributed by atoms with E-state index in [2.05, 4.69) is 43.5 Å². The zero-order chi connectivity index (χ0) is 12.1. The number of nitrogens with zero attached hydrogens (tertiary/aromatic N) is 2. The van der Waals surface area contributed by atoms with Gasteiger partial charge in [0.1, 0.15) is 0 Å². The topological polar surface area (TPSA) is 43.8 Å². The fraction of sp³-hybridized carbons (Fsp3) is 0.769. The Balaban J connectivity index is 2.42. The van der Waals surface area contributed by atoms with Gasteiger partial charge in [-0.3, -0.25) is 4.68 Å². The molecule has 0 saturated carbocycles. The summed E-state index contributed by atoms with van der Waals surface area (Å²) in [5.41, 5.74) is 8.49. The van der Waals surface area contributed by atoms with Crippen LogP contribution in [-0.4, -0.2) is 15.8 Å². The summed E-state index contributed by atoms with van der Waals surface area (Å²) in [5, 5.41) is 4.45. The molecule has 0 radical (unpaired) electrons. The van der Waals surface area contributed by atoms with E-state index in [1.54, 1.807) is 0 Å². The Hall–Kier alpha value is -0.830. The van der Waals surface area contributed by atoms with Crippen LogP contribution in [0.2, 0.25) is 0 Å². The lowest BCUT2D eigenvalue weighted by molar-refractivity contribution is 0.448. The third kappa shape index (κ3) is 3.63. The van der Waals surface area contributed by atoms with Crippen LogP contribution in [0.4, 0.5) is 0 Å². The molecule has 3 nitrogen and oxygen atoms in total. The van der Waals surface area contributed by atoms with Gasteiger partial charge in [-0.2, -0.15) is 5.10 Å². The van der Waals surface area contributed by atoms with Crippen molar-refractivity contribution in [2.75, 3.05) is 0 Å². The minimum absolute atomic E-state index is 0.332. The summed E-state index contributed by atoms with van der Waals surface area (Å²) in [6.07, 6.45) is 3.35. The average molecular weight is 223 g/mol. The summed E-state index contributed by atoms with van der Waals surface area (Å²) in [4.78, 5) is 0. The molecule has 1 aromatic heterocycles. The minimum atomic E-state index is 0.332. The van der Waals surface area contributed by atoms with Crippen LogP contribution >= 0.6 is 0 Å². The Morgan fingerprint density at radius 2 is 2.12 bits per heavy atom. The first-order valence-electron chi connectivity index (χ1n) is 6.33. The Bertz CT molecular complexity index is 315. The van der Waals surface area contributed by atoms with E-state index in [0.29, 0.717) is 12.0 Å². The molecule has 0 amide bonds. The second kappa shape index (κ2) is 6.04. The van der Waals surface area contributed by atoms with Crippen molar-refractivity contribution >= 4 is 0 Å². The summed E-state index contributed by atoms with van der Waals surface area (Å²) in [6.45, 7) is 9.51. The maximum Gasteiger partial charge on any atom is 0.0596 e. The van der Waals surface area contributed by atoms with Gasteiger partial charge in [-0.25, -0.2) is 0 Å². The van der Waals surface area contributed by atoms with Gasteiger partial charge in [-0.15, -0.1) is 0 Å². The summed E-state index contributed by atoms with van der Waals surface area (Å²) < 4.78 is 2.09. The van der Waals surface area contributed by atoms with Gasteiger partial charge in [-0.1, -0.05) is 13.8 Å². The fourth-order valence-corrected chi connectivity index (χ4v) is 1.93. The molecule has 16 heavy (non-hydrogen) atoms. The molecule has 0 aliphatic heterocycles. The van der Waals surface area contributed by atoms with Crippen molar-refractivity contribution in [2.45, 2.75) is 59.5 Å². The van der Waals surface area contributed by atoms with E-state index in [0.717, 1.165) is 31.5 Å². The predicted molar refractivity (Wildman–Crippen MR) is 68.4 cm³/mol. The maximum absolute atomic E-state index is 6.03. The highest BCUT2D eigenvalue weighted by Crippen LogP contribution is 2.11. The molecular weight excluding hydrogens is 198 g/mol. The highest BCUT2D eigenvalue weighted by Gasteiger charge is 2.08. The lowest BCUT2D eigenvalue weighted by Gasteiger charge is -2.15. The number of aromatic nitrogens is 2. The Morgan fingerprint density at radius 1 is 1.44 bits per heavy atom. The van der Waals surface area contributed by atoms with Crippen molar-refractivity contribution in [1.82, 2.24) is 9.78 Å². The van der Waals surface area contributed by atoms with E-state index < -0.39 is 0 Å². The van der Waals surface area contributed by atoms with Crippen molar-refractivity contribution in [3.8, 4) is 0 Å². The molecular formula is C13H25N3. The predicted octanol–water partition coefficient (Wildman–Crippen LogP) is 2.52. The Morgan fingerprint density at radius 3 is 2.69 bits per heavy atom. The number of rotatable bonds is 6. The summed E-state index contributed by atoms with van der Waals surface area (Å²) in [6, 6.07) is 2.52. The molecule has 1 unspecified atom stereocenters. The van der Waals surface area contributed by atoms with Gasteiger partial charge >= 0.3 is 0 Å². The van der Waals surface area contributed by atoms with E-state index in [4.69, 9.17) is 5.73 Å². The molecule has 0 saturated heterocycles. The summed E-state index contributed by atoms with van der Waals surface area (Å²) >= 11 is 0. The van der Waals surface area contributed by atoms with Gasteiger partial charge in [0.05, 0.1) is 5.69 Å². The second-order valence-corrected chi connectivity index (χ2v) is 4.89. The summed E-state index contributed by atoms with van der Waals surface area (Å²) in [7, 11) is 0. The van der Waals surface area contributed by atoms with Gasteiger partial charge in [0.25, 0.3) is 0 Å². The standard InChI is InChI=1S/C13H25N3/c1-5-16-12(9-11(4)15-16)7-6-8-13(14)10(2)3/h9-10,13H,5-8,14H2,1-4H3. The SMILES string of the molecule is CCn1nc(C)cc1CCCC(N)C(C)C. The van der Waals surface area contributed by atoms with Crippen molar-refractivity contribution in [1.29, 1.82) is 0 Å². The van der Waals surface area contributed by atoms with Crippen LogP contribution < -0.4 is 5.73 Å². The van der Waals surface area contributed by atoms with Crippen LogP contribution in [-0.2, 0) is 13.0 Å². The van der Waals surface area contributed by atoms with Crippen LogP contribution in [0.15, 0.2) is 6.07 Å². The highest BCUT2D eigenvalue weighted by atomic mass is 15.3. The molecule has 92 valence electrons. The Labute approximate surface area is 99.0 Å². The summed E-state index contributed by atoms with van der Waals surface area (Å²) in [5.74, 6) is 0.581. The first-order chi connectivity index (χ1) is 7.54. The van der Waals surface area contributed by atoms with Crippen LogP contribution in [0.3, 0.4) is 0 Å². The second-order valence-electron chi connectivity index (χ2n) is 4.89. The molecule has 1 rings (SSSR count). The smallest absolute Gasteiger partial charge is 0.0596 e. The molecule has 1 heterocycles. The van der Waals surface area contributed by atoms with E-state index in [-0.39, 0.29) is 0 Å². The molecule has 3 heteroatoms. The van der Waals surface area contributed by atoms with Crippen molar-refractivity contribution in [3.63, 3.8) is 0 Å². The average Bonchev–Trinajstić information content (AvgIpc) is 2.58. The molecule has 0 aliphatic carbocycles. The van der Waals surface area contributed by atoms with Crippen LogP contribution in [0.5, 0.6) is 0 Å². The maximum atomic E-state index is 6.03. The van der Waals surface area contributed by atoms with E-state index in [9.17, 15) is 0 Å². The van der Waals surface area contributed by atoms with E-state index in [1.165, 1.54) is 5.69 Å². The number of aryl methyl sites for hydroxylation is 3. The van der Waals surface area contributed by atoms with Gasteiger partial charge in [-0.05, 0) is 45.1 Å². The normalized spacial score (nSPS) is 13.4. The van der Waals surface area contributed by atoms with Gasteiger partial charge in [0.15, 0.2) is 0 Å². The molecule has 0 aliphatic rings. The molecule has 0 bridgehead atoms. The minimum Gasteiger partial charge on any atom is -0.327 e. The van der Waals surface area contributed by atoms with Crippen molar-refractivity contribution in [2.24, 2.45) is 11.7 Å².